The second kappa shape index (κ2) is 10.8. The maximum absolute atomic E-state index is 10.3. The van der Waals surface area contributed by atoms with Gasteiger partial charge in [0.05, 0.1) is 19.9 Å². The van der Waals surface area contributed by atoms with Crippen LogP contribution < -0.4 is 9.47 Å². The van der Waals surface area contributed by atoms with Crippen LogP contribution in [0, 0.1) is 0 Å². The Kier molecular flexibility index (Phi) is 6.77. The van der Waals surface area contributed by atoms with Crippen LogP contribution in [0.2, 0.25) is 0 Å². The normalized spacial score (nSPS) is 10.9. The average molecular weight is 530 g/mol. The number of nitrogens with zero attached hydrogens (tertiary/aromatic N) is 3. The lowest BCUT2D eigenvalue weighted by Crippen LogP contribution is -2.05. The lowest BCUT2D eigenvalue weighted by atomic mass is 10.0. The lowest BCUT2D eigenvalue weighted by molar-refractivity contribution is 0.373. The van der Waals surface area contributed by atoms with Crippen molar-refractivity contribution in [2.24, 2.45) is 0 Å². The third-order valence-corrected chi connectivity index (χ3v) is 6.80. The fraction of sp³-hybridized carbons (Fsp3) is 0.0909. The minimum Gasteiger partial charge on any atom is -0.504 e. The van der Waals surface area contributed by atoms with E-state index < -0.39 is 0 Å². The van der Waals surface area contributed by atoms with Crippen molar-refractivity contribution in [2.45, 2.75) is 6.54 Å². The summed E-state index contributed by atoms with van der Waals surface area (Å²) in [6, 6.07) is 35.5. The molecule has 0 fully saturated rings. The number of rotatable bonds is 8. The van der Waals surface area contributed by atoms with Crippen molar-refractivity contribution >= 4 is 0 Å². The molecule has 0 aliphatic heterocycles. The molecule has 0 radical (unpaired) electrons. The fourth-order valence-corrected chi connectivity index (χ4v) is 4.84. The molecule has 0 aliphatic rings. The Labute approximate surface area is 231 Å². The van der Waals surface area contributed by atoms with Crippen LogP contribution in [0.4, 0.5) is 0 Å². The van der Waals surface area contributed by atoms with Crippen molar-refractivity contribution in [1.82, 2.24) is 14.8 Å². The molecule has 6 rings (SSSR count). The Morgan fingerprint density at radius 2 is 1.38 bits per heavy atom. The van der Waals surface area contributed by atoms with Gasteiger partial charge in [0.1, 0.15) is 12.3 Å². The highest BCUT2D eigenvalue weighted by Gasteiger charge is 2.22. The topological polar surface area (TPSA) is 82.5 Å². The van der Waals surface area contributed by atoms with Gasteiger partial charge in [-0.2, -0.15) is 0 Å². The summed E-state index contributed by atoms with van der Waals surface area (Å²) in [5.41, 5.74) is 6.81. The SMILES string of the molecule is COc1ccc(-c2nnc(Cn3c(-c4ccc(O)c(OC)c4)cc(-c4ccccc4)c3-c3ccccc3)o2)cc1. The molecular weight excluding hydrogens is 502 g/mol. The van der Waals surface area contributed by atoms with Crippen molar-refractivity contribution in [2.75, 3.05) is 14.2 Å². The Bertz CT molecular complexity index is 1740. The van der Waals surface area contributed by atoms with Crippen LogP contribution in [-0.4, -0.2) is 34.1 Å². The largest absolute Gasteiger partial charge is 0.504 e. The molecule has 0 saturated heterocycles. The van der Waals surface area contributed by atoms with E-state index in [2.05, 4.69) is 45.1 Å². The van der Waals surface area contributed by atoms with Crippen LogP contribution in [0.25, 0.3) is 45.1 Å². The molecule has 2 heterocycles. The molecule has 2 aromatic heterocycles. The number of methoxy groups -OCH3 is 2. The van der Waals surface area contributed by atoms with Gasteiger partial charge in [-0.1, -0.05) is 60.7 Å². The van der Waals surface area contributed by atoms with Crippen LogP contribution in [0.1, 0.15) is 5.89 Å². The maximum atomic E-state index is 10.3. The number of benzene rings is 4. The molecule has 7 heteroatoms. The molecule has 1 N–H and O–H groups in total. The highest BCUT2D eigenvalue weighted by molar-refractivity contribution is 5.87. The maximum Gasteiger partial charge on any atom is 0.247 e. The number of ether oxygens (including phenoxy) is 2. The number of phenolic OH excluding ortho intramolecular Hbond substituents is 1. The molecule has 6 aromatic rings. The summed E-state index contributed by atoms with van der Waals surface area (Å²) in [4.78, 5) is 0. The molecule has 0 unspecified atom stereocenters. The quantitative estimate of drug-likeness (QED) is 0.223. The zero-order valence-electron chi connectivity index (χ0n) is 22.1. The molecule has 0 bridgehead atoms. The molecule has 0 saturated carbocycles. The number of hydrogen-bond donors (Lipinski definition) is 1. The average Bonchev–Trinajstić information content (AvgIpc) is 3.64. The molecule has 40 heavy (non-hydrogen) atoms. The van der Waals surface area contributed by atoms with Crippen molar-refractivity contribution in [1.29, 1.82) is 0 Å². The molecule has 0 aliphatic carbocycles. The van der Waals surface area contributed by atoms with E-state index >= 15 is 0 Å². The fourth-order valence-electron chi connectivity index (χ4n) is 4.84. The highest BCUT2D eigenvalue weighted by atomic mass is 16.5. The van der Waals surface area contributed by atoms with Gasteiger partial charge in [0.2, 0.25) is 11.8 Å². The van der Waals surface area contributed by atoms with Crippen LogP contribution in [-0.2, 0) is 6.54 Å². The van der Waals surface area contributed by atoms with Crippen LogP contribution >= 0.6 is 0 Å². The molecule has 0 atom stereocenters. The highest BCUT2D eigenvalue weighted by Crippen LogP contribution is 2.41. The van der Waals surface area contributed by atoms with Crippen LogP contribution in [0.15, 0.2) is 114 Å². The second-order valence-electron chi connectivity index (χ2n) is 9.23. The summed E-state index contributed by atoms with van der Waals surface area (Å²) in [6.45, 7) is 0.332. The Morgan fingerprint density at radius 3 is 2.05 bits per heavy atom. The summed E-state index contributed by atoms with van der Waals surface area (Å²) in [6.07, 6.45) is 0. The summed E-state index contributed by atoms with van der Waals surface area (Å²) in [5.74, 6) is 2.13. The summed E-state index contributed by atoms with van der Waals surface area (Å²) in [7, 11) is 3.17. The molecular formula is C33H27N3O4. The van der Waals surface area contributed by atoms with Gasteiger partial charge < -0.3 is 23.6 Å². The molecule has 4 aromatic carbocycles. The molecule has 198 valence electrons. The van der Waals surface area contributed by atoms with Gasteiger partial charge in [0, 0.05) is 22.4 Å². The predicted octanol–water partition coefficient (Wildman–Crippen LogP) is 7.31. The van der Waals surface area contributed by atoms with E-state index in [0.717, 1.165) is 45.0 Å². The van der Waals surface area contributed by atoms with E-state index in [1.165, 1.54) is 0 Å². The Hall–Kier alpha value is -5.30. The van der Waals surface area contributed by atoms with Crippen molar-refractivity contribution in [3.8, 4) is 62.3 Å². The van der Waals surface area contributed by atoms with Gasteiger partial charge in [-0.25, -0.2) is 0 Å². The van der Waals surface area contributed by atoms with E-state index in [9.17, 15) is 5.11 Å². The first-order valence-corrected chi connectivity index (χ1v) is 12.8. The zero-order chi connectivity index (χ0) is 27.5. The lowest BCUT2D eigenvalue weighted by Gasteiger charge is -2.14. The van der Waals surface area contributed by atoms with Crippen LogP contribution in [0.5, 0.6) is 17.2 Å². The minimum absolute atomic E-state index is 0.0805. The second-order valence-corrected chi connectivity index (χ2v) is 9.23. The molecule has 0 amide bonds. The Morgan fingerprint density at radius 1 is 0.700 bits per heavy atom. The van der Waals surface area contributed by atoms with Crippen molar-refractivity contribution in [3.05, 3.63) is 115 Å². The number of aromatic nitrogens is 3. The summed E-state index contributed by atoms with van der Waals surface area (Å²) < 4.78 is 19.0. The van der Waals surface area contributed by atoms with Crippen molar-refractivity contribution in [3.63, 3.8) is 0 Å². The van der Waals surface area contributed by atoms with E-state index in [-0.39, 0.29) is 5.75 Å². The molecule has 0 spiro atoms. The standard InChI is InChI=1S/C33H27N3O4/c1-38-26-16-13-24(14-17-26)33-35-34-31(40-33)21-36-28(25-15-18-29(37)30(19-25)39-2)20-27(22-9-5-3-6-10-22)32(36)23-11-7-4-8-12-23/h3-20,37H,21H2,1-2H3. The first-order valence-electron chi connectivity index (χ1n) is 12.8. The third-order valence-electron chi connectivity index (χ3n) is 6.80. The van der Waals surface area contributed by atoms with E-state index in [0.29, 0.717) is 24.1 Å². The first-order chi connectivity index (χ1) is 19.6. The third kappa shape index (κ3) is 4.80. The van der Waals surface area contributed by atoms with E-state index in [1.807, 2.05) is 72.8 Å². The number of aromatic hydroxyl groups is 1. The summed E-state index contributed by atoms with van der Waals surface area (Å²) >= 11 is 0. The monoisotopic (exact) mass is 529 g/mol. The van der Waals surface area contributed by atoms with Gasteiger partial charge in [0.15, 0.2) is 11.5 Å². The number of hydrogen-bond acceptors (Lipinski definition) is 6. The van der Waals surface area contributed by atoms with Gasteiger partial charge in [0.25, 0.3) is 0 Å². The zero-order valence-corrected chi connectivity index (χ0v) is 22.1. The summed E-state index contributed by atoms with van der Waals surface area (Å²) in [5, 5.41) is 19.0. The minimum atomic E-state index is 0.0805. The van der Waals surface area contributed by atoms with Gasteiger partial charge in [-0.15, -0.1) is 10.2 Å². The first kappa shape index (κ1) is 25.0. The van der Waals surface area contributed by atoms with Crippen molar-refractivity contribution < 1.29 is 19.0 Å². The predicted molar refractivity (Wildman–Crippen MR) is 154 cm³/mol. The van der Waals surface area contributed by atoms with E-state index in [4.69, 9.17) is 13.9 Å². The molecule has 7 nitrogen and oxygen atoms in total. The van der Waals surface area contributed by atoms with Gasteiger partial charge in [-0.3, -0.25) is 0 Å². The van der Waals surface area contributed by atoms with Gasteiger partial charge in [-0.05, 0) is 59.7 Å². The Balaban J connectivity index is 1.53. The van der Waals surface area contributed by atoms with E-state index in [1.54, 1.807) is 20.3 Å². The number of phenols is 1. The van der Waals surface area contributed by atoms with Gasteiger partial charge >= 0.3 is 0 Å². The van der Waals surface area contributed by atoms with Crippen LogP contribution in [0.3, 0.4) is 0 Å². The smallest absolute Gasteiger partial charge is 0.247 e.